The van der Waals surface area contributed by atoms with E-state index in [0.29, 0.717) is 13.1 Å². The van der Waals surface area contributed by atoms with Crippen LogP contribution < -0.4 is 5.32 Å². The standard InChI is InChI=1S/C19H27N5O.HI/c1-4-20-19(23-11-10-17(25)13-23)21-12-18-14(2)22-24(15(18)3)16-8-6-5-7-9-16;/h5-9,17,25H,4,10-13H2,1-3H3,(H,20,21);1H/t17-;/m1./s1. The molecule has 1 atom stereocenters. The molecule has 26 heavy (non-hydrogen) atoms. The van der Waals surface area contributed by atoms with Gasteiger partial charge in [0.15, 0.2) is 5.96 Å². The van der Waals surface area contributed by atoms with Crippen LogP contribution in [0.4, 0.5) is 0 Å². The van der Waals surface area contributed by atoms with Gasteiger partial charge in [0, 0.05) is 30.9 Å². The topological polar surface area (TPSA) is 65.7 Å². The number of guanidine groups is 1. The van der Waals surface area contributed by atoms with Crippen molar-refractivity contribution in [2.45, 2.75) is 39.8 Å². The molecule has 2 aromatic rings. The first-order valence-electron chi connectivity index (χ1n) is 8.92. The van der Waals surface area contributed by atoms with Gasteiger partial charge in [-0.15, -0.1) is 24.0 Å². The van der Waals surface area contributed by atoms with Gasteiger partial charge in [-0.1, -0.05) is 18.2 Å². The summed E-state index contributed by atoms with van der Waals surface area (Å²) in [4.78, 5) is 6.92. The summed E-state index contributed by atoms with van der Waals surface area (Å²) in [7, 11) is 0. The molecule has 1 fully saturated rings. The number of aromatic nitrogens is 2. The van der Waals surface area contributed by atoms with Gasteiger partial charge in [0.2, 0.25) is 0 Å². The molecule has 0 bridgehead atoms. The second kappa shape index (κ2) is 9.36. The summed E-state index contributed by atoms with van der Waals surface area (Å²) in [6, 6.07) is 10.2. The second-order valence-corrected chi connectivity index (χ2v) is 6.46. The van der Waals surface area contributed by atoms with Crippen molar-refractivity contribution in [3.63, 3.8) is 0 Å². The van der Waals surface area contributed by atoms with E-state index in [-0.39, 0.29) is 30.1 Å². The fourth-order valence-electron chi connectivity index (χ4n) is 3.24. The van der Waals surface area contributed by atoms with Crippen LogP contribution in [0.1, 0.15) is 30.3 Å². The third kappa shape index (κ3) is 4.56. The summed E-state index contributed by atoms with van der Waals surface area (Å²) < 4.78 is 1.98. The Kier molecular flexibility index (Phi) is 7.45. The molecule has 0 amide bonds. The van der Waals surface area contributed by atoms with Crippen LogP contribution in [0, 0.1) is 13.8 Å². The first-order chi connectivity index (χ1) is 12.1. The highest BCUT2D eigenvalue weighted by Crippen LogP contribution is 2.19. The Morgan fingerprint density at radius 2 is 2.04 bits per heavy atom. The van der Waals surface area contributed by atoms with Crippen LogP contribution in [-0.2, 0) is 6.54 Å². The third-order valence-corrected chi connectivity index (χ3v) is 4.63. The number of hydrogen-bond acceptors (Lipinski definition) is 3. The maximum atomic E-state index is 9.78. The van der Waals surface area contributed by atoms with Gasteiger partial charge in [0.25, 0.3) is 0 Å². The SMILES string of the molecule is CCNC(=NCc1c(C)nn(-c2ccccc2)c1C)N1CC[C@@H](O)C1.I. The summed E-state index contributed by atoms with van der Waals surface area (Å²) in [6.45, 7) is 9.06. The van der Waals surface area contributed by atoms with Gasteiger partial charge in [0.1, 0.15) is 0 Å². The summed E-state index contributed by atoms with van der Waals surface area (Å²) in [5, 5.41) is 17.8. The Bertz CT molecular complexity index is 744. The van der Waals surface area contributed by atoms with Crippen LogP contribution >= 0.6 is 24.0 Å². The average molecular weight is 469 g/mol. The van der Waals surface area contributed by atoms with Gasteiger partial charge in [-0.3, -0.25) is 0 Å². The van der Waals surface area contributed by atoms with Gasteiger partial charge in [-0.2, -0.15) is 5.10 Å². The van der Waals surface area contributed by atoms with E-state index in [0.717, 1.165) is 48.1 Å². The molecule has 0 spiro atoms. The minimum absolute atomic E-state index is 0. The first-order valence-corrected chi connectivity index (χ1v) is 8.92. The largest absolute Gasteiger partial charge is 0.391 e. The van der Waals surface area contributed by atoms with Gasteiger partial charge >= 0.3 is 0 Å². The van der Waals surface area contributed by atoms with Crippen molar-refractivity contribution in [2.24, 2.45) is 4.99 Å². The fourth-order valence-corrected chi connectivity index (χ4v) is 3.24. The molecule has 3 rings (SSSR count). The van der Waals surface area contributed by atoms with Crippen molar-refractivity contribution in [3.05, 3.63) is 47.3 Å². The maximum absolute atomic E-state index is 9.78. The van der Waals surface area contributed by atoms with Crippen molar-refractivity contribution in [1.82, 2.24) is 20.0 Å². The van der Waals surface area contributed by atoms with Gasteiger partial charge < -0.3 is 15.3 Å². The highest BCUT2D eigenvalue weighted by molar-refractivity contribution is 14.0. The number of aryl methyl sites for hydroxylation is 1. The average Bonchev–Trinajstić information content (AvgIpc) is 3.16. The molecule has 2 heterocycles. The molecule has 0 saturated carbocycles. The number of benzene rings is 1. The van der Waals surface area contributed by atoms with Crippen LogP contribution in [0.15, 0.2) is 35.3 Å². The lowest BCUT2D eigenvalue weighted by Crippen LogP contribution is -2.40. The van der Waals surface area contributed by atoms with E-state index in [1.165, 1.54) is 0 Å². The molecule has 1 aliphatic rings. The zero-order chi connectivity index (χ0) is 17.8. The van der Waals surface area contributed by atoms with Gasteiger partial charge in [-0.25, -0.2) is 9.67 Å². The summed E-state index contributed by atoms with van der Waals surface area (Å²) >= 11 is 0. The number of nitrogens with zero attached hydrogens (tertiary/aromatic N) is 4. The number of hydrogen-bond donors (Lipinski definition) is 2. The lowest BCUT2D eigenvalue weighted by molar-refractivity contribution is 0.188. The number of aliphatic imine (C=N–C) groups is 1. The zero-order valence-corrected chi connectivity index (χ0v) is 18.0. The highest BCUT2D eigenvalue weighted by Gasteiger charge is 2.23. The molecule has 6 nitrogen and oxygen atoms in total. The number of para-hydroxylation sites is 1. The Hall–Kier alpha value is -1.61. The zero-order valence-electron chi connectivity index (χ0n) is 15.6. The predicted molar refractivity (Wildman–Crippen MR) is 115 cm³/mol. The number of halogens is 1. The van der Waals surface area contributed by atoms with Crippen LogP contribution in [0.3, 0.4) is 0 Å². The predicted octanol–water partition coefficient (Wildman–Crippen LogP) is 2.64. The Morgan fingerprint density at radius 3 is 2.65 bits per heavy atom. The monoisotopic (exact) mass is 469 g/mol. The lowest BCUT2D eigenvalue weighted by Gasteiger charge is -2.21. The minimum Gasteiger partial charge on any atom is -0.391 e. The normalized spacial score (nSPS) is 17.3. The van der Waals surface area contributed by atoms with E-state index >= 15 is 0 Å². The van der Waals surface area contributed by atoms with Gasteiger partial charge in [-0.05, 0) is 39.3 Å². The van der Waals surface area contributed by atoms with Crippen LogP contribution in [0.25, 0.3) is 5.69 Å². The molecule has 2 N–H and O–H groups in total. The van der Waals surface area contributed by atoms with Crippen LogP contribution in [0.2, 0.25) is 0 Å². The molecule has 1 saturated heterocycles. The minimum atomic E-state index is -0.256. The molecule has 7 heteroatoms. The fraction of sp³-hybridized carbons (Fsp3) is 0.474. The molecule has 0 aliphatic carbocycles. The molecule has 1 aliphatic heterocycles. The molecular weight excluding hydrogens is 441 g/mol. The van der Waals surface area contributed by atoms with Crippen molar-refractivity contribution in [2.75, 3.05) is 19.6 Å². The second-order valence-electron chi connectivity index (χ2n) is 6.46. The van der Waals surface area contributed by atoms with Crippen LogP contribution in [-0.4, -0.2) is 51.5 Å². The van der Waals surface area contributed by atoms with E-state index in [9.17, 15) is 5.11 Å². The molecule has 1 aromatic carbocycles. The summed E-state index contributed by atoms with van der Waals surface area (Å²) in [6.07, 6.45) is 0.544. The van der Waals surface area contributed by atoms with E-state index in [2.05, 4.69) is 41.3 Å². The quantitative estimate of drug-likeness (QED) is 0.411. The number of likely N-dealkylation sites (tertiary alicyclic amines) is 1. The van der Waals surface area contributed by atoms with Crippen LogP contribution in [0.5, 0.6) is 0 Å². The number of nitrogens with one attached hydrogen (secondary N) is 1. The van der Waals surface area contributed by atoms with E-state index in [4.69, 9.17) is 4.99 Å². The highest BCUT2D eigenvalue weighted by atomic mass is 127. The maximum Gasteiger partial charge on any atom is 0.194 e. The molecule has 142 valence electrons. The first kappa shape index (κ1) is 20.7. The Balaban J connectivity index is 0.00000243. The third-order valence-electron chi connectivity index (χ3n) is 4.63. The molecule has 0 unspecified atom stereocenters. The van der Waals surface area contributed by atoms with Crippen molar-refractivity contribution in [3.8, 4) is 5.69 Å². The van der Waals surface area contributed by atoms with Crippen molar-refractivity contribution < 1.29 is 5.11 Å². The van der Waals surface area contributed by atoms with E-state index in [1.54, 1.807) is 0 Å². The Morgan fingerprint density at radius 1 is 1.31 bits per heavy atom. The number of aliphatic hydroxyl groups is 1. The lowest BCUT2D eigenvalue weighted by atomic mass is 10.2. The van der Waals surface area contributed by atoms with Crippen molar-refractivity contribution in [1.29, 1.82) is 0 Å². The molecule has 0 radical (unpaired) electrons. The number of β-amino-alcohol motifs (C(OH)–C–C–N with tert-alkyl or cyclic N) is 1. The summed E-state index contributed by atoms with van der Waals surface area (Å²) in [5.74, 6) is 0.866. The summed E-state index contributed by atoms with van der Waals surface area (Å²) in [5.41, 5.74) is 4.33. The van der Waals surface area contributed by atoms with E-state index in [1.807, 2.05) is 29.8 Å². The molecule has 1 aromatic heterocycles. The number of aliphatic hydroxyl groups excluding tert-OH is 1. The smallest absolute Gasteiger partial charge is 0.194 e. The molecular formula is C19H28IN5O. The van der Waals surface area contributed by atoms with Gasteiger partial charge in [0.05, 0.1) is 24.0 Å². The van der Waals surface area contributed by atoms with E-state index < -0.39 is 0 Å². The number of rotatable bonds is 4. The Labute approximate surface area is 172 Å². The van der Waals surface area contributed by atoms with Crippen molar-refractivity contribution >= 4 is 29.9 Å².